The van der Waals surface area contributed by atoms with E-state index in [0.717, 1.165) is 0 Å². The molecule has 14 N–H and O–H groups in total. The van der Waals surface area contributed by atoms with Gasteiger partial charge in [0.05, 0.1) is 12.7 Å². The number of carboxylic acids is 1. The van der Waals surface area contributed by atoms with Crippen LogP contribution in [0, 0.1) is 0 Å². The van der Waals surface area contributed by atoms with Gasteiger partial charge in [-0.15, -0.1) is 0 Å². The summed E-state index contributed by atoms with van der Waals surface area (Å²) in [5, 5.41) is 31.4. The molecule has 0 saturated carbocycles. The Balaban J connectivity index is 1.78. The molecule has 2 heterocycles. The standard InChI is InChI=1S/C48H67N13O10/c1-3-4-18-33(55-29(2)62)41(64)61-39-26-40(63)52-21-12-11-19-35(47(70)71)57-43(66)36(23-30-14-7-5-8-15-30)59-44(67)37(24-31-16-9-6-10-17-31)58-42(65)34(20-13-22-53-48(49)50)56-45(68)38(60-46(39)69)25-32-27-51-28-54-32/h5-10,14-17,27-28,33-39H,3-4,11-13,18-26H2,1-2H3,(H,51,54)(H,52,63)(H,55,62)(H,56,68)(H,57,66)(H,58,65)(H,59,67)(H,60,69)(H,61,64)(H,70,71)(H4,49,50,53)/t33-,34-,35-,36-,37-,38-,39-/m0/s1. The van der Waals surface area contributed by atoms with E-state index in [-0.39, 0.29) is 76.8 Å². The van der Waals surface area contributed by atoms with Gasteiger partial charge < -0.3 is 64.1 Å². The zero-order chi connectivity index (χ0) is 51.7. The summed E-state index contributed by atoms with van der Waals surface area (Å²) < 4.78 is 0. The van der Waals surface area contributed by atoms with Crippen LogP contribution in [0.5, 0.6) is 0 Å². The van der Waals surface area contributed by atoms with E-state index in [1.807, 2.05) is 6.92 Å². The summed E-state index contributed by atoms with van der Waals surface area (Å²) in [6.45, 7) is 3.18. The lowest BCUT2D eigenvalue weighted by Gasteiger charge is -2.28. The van der Waals surface area contributed by atoms with E-state index in [0.29, 0.717) is 29.7 Å². The molecule has 7 atom stereocenters. The highest BCUT2D eigenvalue weighted by Crippen LogP contribution is 2.12. The number of aliphatic imine (C=N–C) groups is 1. The Morgan fingerprint density at radius 1 is 0.761 bits per heavy atom. The lowest BCUT2D eigenvalue weighted by Crippen LogP contribution is -2.61. The lowest BCUT2D eigenvalue weighted by atomic mass is 10.0. The number of carbonyl (C=O) groups excluding carboxylic acids is 8. The van der Waals surface area contributed by atoms with Crippen LogP contribution in [0.2, 0.25) is 0 Å². The molecule has 1 aliphatic heterocycles. The molecule has 4 rings (SSSR count). The summed E-state index contributed by atoms with van der Waals surface area (Å²) >= 11 is 0. The van der Waals surface area contributed by atoms with Crippen molar-refractivity contribution in [3.8, 4) is 0 Å². The summed E-state index contributed by atoms with van der Waals surface area (Å²) in [7, 11) is 0. The maximum Gasteiger partial charge on any atom is 0.326 e. The van der Waals surface area contributed by atoms with Crippen molar-refractivity contribution in [2.45, 2.75) is 133 Å². The molecular formula is C48H67N13O10. The quantitative estimate of drug-likeness (QED) is 0.0434. The van der Waals surface area contributed by atoms with Gasteiger partial charge in [0.1, 0.15) is 42.3 Å². The minimum absolute atomic E-state index is 0.0123. The Bertz CT molecular complexity index is 2280. The van der Waals surface area contributed by atoms with Gasteiger partial charge in [-0.1, -0.05) is 80.4 Å². The van der Waals surface area contributed by atoms with E-state index in [1.165, 1.54) is 19.4 Å². The number of aromatic amines is 1. The second kappa shape index (κ2) is 29.2. The van der Waals surface area contributed by atoms with Crippen LogP contribution in [-0.4, -0.2) is 130 Å². The number of benzene rings is 2. The number of carboxylic acid groups (broad SMARTS) is 1. The maximum atomic E-state index is 14.5. The van der Waals surface area contributed by atoms with Gasteiger partial charge in [-0.2, -0.15) is 0 Å². The predicted molar refractivity (Wildman–Crippen MR) is 260 cm³/mol. The number of hydrogen-bond acceptors (Lipinski definition) is 11. The molecule has 0 bridgehead atoms. The Morgan fingerprint density at radius 3 is 1.87 bits per heavy atom. The third-order valence-corrected chi connectivity index (χ3v) is 11.4. The summed E-state index contributed by atoms with van der Waals surface area (Å²) in [5.74, 6) is -7.77. The highest BCUT2D eigenvalue weighted by molar-refractivity contribution is 5.98. The van der Waals surface area contributed by atoms with Gasteiger partial charge in [0.25, 0.3) is 0 Å². The highest BCUT2D eigenvalue weighted by Gasteiger charge is 2.35. The van der Waals surface area contributed by atoms with Crippen molar-refractivity contribution in [3.63, 3.8) is 0 Å². The molecule has 1 saturated heterocycles. The number of nitrogens with one attached hydrogen (secondary N) is 9. The summed E-state index contributed by atoms with van der Waals surface area (Å²) in [5.41, 5.74) is 12.8. The Labute approximate surface area is 411 Å². The fraction of sp³-hybridized carbons (Fsp3) is 0.479. The molecule has 71 heavy (non-hydrogen) atoms. The fourth-order valence-electron chi connectivity index (χ4n) is 7.70. The number of aliphatic carboxylic acids is 1. The van der Waals surface area contributed by atoms with Gasteiger partial charge in [-0.05, 0) is 49.7 Å². The van der Waals surface area contributed by atoms with Crippen LogP contribution in [0.1, 0.15) is 88.5 Å². The van der Waals surface area contributed by atoms with Gasteiger partial charge in [0, 0.05) is 51.2 Å². The molecule has 3 aromatic rings. The van der Waals surface area contributed by atoms with Crippen LogP contribution >= 0.6 is 0 Å². The van der Waals surface area contributed by atoms with Crippen LogP contribution in [-0.2, 0) is 62.4 Å². The van der Waals surface area contributed by atoms with Crippen LogP contribution < -0.4 is 54.0 Å². The maximum absolute atomic E-state index is 14.5. The molecule has 0 spiro atoms. The summed E-state index contributed by atoms with van der Waals surface area (Å²) in [4.78, 5) is 134. The number of nitrogens with two attached hydrogens (primary N) is 2. The van der Waals surface area contributed by atoms with Crippen molar-refractivity contribution in [3.05, 3.63) is 90.0 Å². The molecule has 1 aliphatic rings. The average molecular weight is 986 g/mol. The first-order chi connectivity index (χ1) is 34.0. The molecule has 8 amide bonds. The first-order valence-corrected chi connectivity index (χ1v) is 23.7. The van der Waals surface area contributed by atoms with Crippen LogP contribution in [0.15, 0.2) is 78.2 Å². The normalized spacial score (nSPS) is 21.6. The lowest BCUT2D eigenvalue weighted by molar-refractivity contribution is -0.142. The molecule has 23 heteroatoms. The zero-order valence-corrected chi connectivity index (χ0v) is 40.0. The van der Waals surface area contributed by atoms with E-state index >= 15 is 0 Å². The van der Waals surface area contributed by atoms with Crippen LogP contribution in [0.4, 0.5) is 0 Å². The minimum atomic E-state index is -1.59. The monoisotopic (exact) mass is 986 g/mol. The number of H-pyrrole nitrogens is 1. The van der Waals surface area contributed by atoms with Crippen molar-refractivity contribution in [2.75, 3.05) is 13.1 Å². The van der Waals surface area contributed by atoms with Gasteiger partial charge in [-0.25, -0.2) is 9.78 Å². The molecule has 384 valence electrons. The van der Waals surface area contributed by atoms with E-state index in [2.05, 4.69) is 57.5 Å². The second-order valence-electron chi connectivity index (χ2n) is 17.3. The van der Waals surface area contributed by atoms with E-state index in [1.54, 1.807) is 60.7 Å². The average Bonchev–Trinajstić information content (AvgIpc) is 3.85. The molecular weight excluding hydrogens is 919 g/mol. The first kappa shape index (κ1) is 55.7. The van der Waals surface area contributed by atoms with E-state index in [4.69, 9.17) is 11.5 Å². The topological polar surface area (TPSA) is 363 Å². The number of imidazole rings is 1. The van der Waals surface area contributed by atoms with E-state index in [9.17, 15) is 48.3 Å². The molecule has 1 fully saturated rings. The molecule has 0 unspecified atom stereocenters. The van der Waals surface area contributed by atoms with Crippen molar-refractivity contribution >= 4 is 59.2 Å². The predicted octanol–water partition coefficient (Wildman–Crippen LogP) is -1.13. The molecule has 1 aromatic heterocycles. The van der Waals surface area contributed by atoms with Gasteiger partial charge in [-0.3, -0.25) is 43.3 Å². The molecule has 0 radical (unpaired) electrons. The van der Waals surface area contributed by atoms with Gasteiger partial charge in [0.15, 0.2) is 5.96 Å². The number of unbranched alkanes of at least 4 members (excludes halogenated alkanes) is 1. The van der Waals surface area contributed by atoms with Crippen LogP contribution in [0.25, 0.3) is 0 Å². The Kier molecular flexibility index (Phi) is 23.0. The third-order valence-electron chi connectivity index (χ3n) is 11.4. The fourth-order valence-corrected chi connectivity index (χ4v) is 7.70. The Morgan fingerprint density at radius 2 is 1.32 bits per heavy atom. The smallest absolute Gasteiger partial charge is 0.326 e. The molecule has 23 nitrogen and oxygen atoms in total. The number of guanidine groups is 1. The Hall–Kier alpha value is -7.85. The van der Waals surface area contributed by atoms with Crippen molar-refractivity contribution in [1.29, 1.82) is 0 Å². The first-order valence-electron chi connectivity index (χ1n) is 23.7. The summed E-state index contributed by atoms with van der Waals surface area (Å²) in [6.07, 6.45) is 3.68. The minimum Gasteiger partial charge on any atom is -0.480 e. The van der Waals surface area contributed by atoms with Crippen molar-refractivity contribution < 1.29 is 48.3 Å². The number of carbonyl (C=O) groups is 9. The van der Waals surface area contributed by atoms with Gasteiger partial charge >= 0.3 is 5.97 Å². The highest BCUT2D eigenvalue weighted by atomic mass is 16.4. The SMILES string of the molecule is CCCC[C@H](NC(C)=O)C(=O)N[C@H]1CC(=O)NCCCC[C@@H](C(=O)O)NC(=O)[C@H](Cc2ccccc2)NC(=O)[C@H](Cc2ccccc2)NC(=O)[C@H](CCCN=C(N)N)NC(=O)[C@H](Cc2cnc[nH]2)NC1=O. The largest absolute Gasteiger partial charge is 0.480 e. The van der Waals surface area contributed by atoms with Gasteiger partial charge in [0.2, 0.25) is 47.3 Å². The van der Waals surface area contributed by atoms with Crippen molar-refractivity contribution in [2.24, 2.45) is 16.5 Å². The van der Waals surface area contributed by atoms with E-state index < -0.39 is 102 Å². The molecule has 2 aromatic carbocycles. The number of amides is 8. The second-order valence-corrected chi connectivity index (χ2v) is 17.3. The van der Waals surface area contributed by atoms with Crippen LogP contribution in [0.3, 0.4) is 0 Å². The zero-order valence-electron chi connectivity index (χ0n) is 40.0. The van der Waals surface area contributed by atoms with Crippen molar-refractivity contribution in [1.82, 2.24) is 52.5 Å². The number of hydrogen-bond donors (Lipinski definition) is 12. The third kappa shape index (κ3) is 20.0. The molecule has 0 aliphatic carbocycles. The number of rotatable bonds is 17. The summed E-state index contributed by atoms with van der Waals surface area (Å²) in [6, 6.07) is 7.83. The number of nitrogens with zero attached hydrogens (tertiary/aromatic N) is 2. The number of aromatic nitrogens is 2.